The summed E-state index contributed by atoms with van der Waals surface area (Å²) in [4.78, 5) is 0. The second-order valence-electron chi connectivity index (χ2n) is 12.1. The van der Waals surface area contributed by atoms with Gasteiger partial charge in [-0.25, -0.2) is 13.2 Å². The van der Waals surface area contributed by atoms with Crippen molar-refractivity contribution in [2.45, 2.75) is 25.8 Å². The summed E-state index contributed by atoms with van der Waals surface area (Å²) in [5, 5.41) is 29.6. The Kier molecular flexibility index (Phi) is 9.56. The number of H-pyrrole nitrogens is 2. The number of furan rings is 2. The number of alkyl halides is 6. The van der Waals surface area contributed by atoms with Crippen molar-refractivity contribution < 1.29 is 57.8 Å². The molecule has 4 heterocycles. The van der Waals surface area contributed by atoms with E-state index in [1.807, 2.05) is 0 Å². The van der Waals surface area contributed by atoms with E-state index in [-0.39, 0.29) is 72.1 Å². The summed E-state index contributed by atoms with van der Waals surface area (Å²) in [5.74, 6) is -4.94. The number of hydrazine groups is 1. The van der Waals surface area contributed by atoms with Crippen molar-refractivity contribution >= 4 is 49.2 Å². The Morgan fingerprint density at radius 2 is 1.21 bits per heavy atom. The van der Waals surface area contributed by atoms with Gasteiger partial charge in [-0.15, -0.1) is 46.7 Å². The SMILES string of the molecule is Fc1cc2cc(-c3nn[nH]n3)oc2cc1CN(c1ccc(OC(F)(F)F)c(F)c1)N(Cc1ccc2cc(-c3nn[nH]n3)oc2c1F)c1ccc(OC(F)(F)F)c(Br)c1. The predicted octanol–water partition coefficient (Wildman–Crippen LogP) is 9.14. The van der Waals surface area contributed by atoms with Crippen molar-refractivity contribution in [3.8, 4) is 34.7 Å². The highest BCUT2D eigenvalue weighted by molar-refractivity contribution is 9.10. The average Bonchev–Trinajstić information content (AvgIpc) is 3.98. The molecule has 0 amide bonds. The van der Waals surface area contributed by atoms with E-state index >= 15 is 13.2 Å². The number of ether oxygens (including phenoxy) is 2. The van der Waals surface area contributed by atoms with E-state index in [4.69, 9.17) is 8.83 Å². The van der Waals surface area contributed by atoms with Gasteiger partial charge in [0.2, 0.25) is 11.6 Å². The number of rotatable bonds is 11. The van der Waals surface area contributed by atoms with Crippen molar-refractivity contribution in [1.82, 2.24) is 41.2 Å². The molecule has 0 aliphatic rings. The Labute approximate surface area is 324 Å². The Hall–Kier alpha value is -6.85. The molecular formula is C34H18BrF9N10O4. The fraction of sp³-hybridized carbons (Fsp3) is 0.118. The second-order valence-corrected chi connectivity index (χ2v) is 12.9. The standard InChI is InChI=1S/C34H18BrF9N10O4/c35-21-11-19(3-5-24(21)57-33(39,40)41)53(13-16-2-1-15-8-28(32-47-51-52-48-32)56-30(15)29(16)38)54(20-4-6-25(23(37)12-20)58-34(42,43)44)14-18-10-26-17(7-22(18)36)9-27(55-26)31-45-49-50-46-31/h1-12H,13-14H2,(H,45,46,49,50)(H,47,48,51,52). The molecule has 298 valence electrons. The molecule has 0 fully saturated rings. The third kappa shape index (κ3) is 7.89. The van der Waals surface area contributed by atoms with E-state index < -0.39 is 54.8 Å². The van der Waals surface area contributed by atoms with Gasteiger partial charge in [-0.1, -0.05) is 12.1 Å². The maximum atomic E-state index is 16.4. The molecule has 14 nitrogen and oxygen atoms in total. The molecule has 8 aromatic rings. The first-order chi connectivity index (χ1) is 27.6. The van der Waals surface area contributed by atoms with Crippen LogP contribution in [-0.2, 0) is 13.1 Å². The number of halogens is 10. The van der Waals surface area contributed by atoms with E-state index in [9.17, 15) is 26.3 Å². The van der Waals surface area contributed by atoms with Crippen LogP contribution in [0.2, 0.25) is 0 Å². The molecule has 24 heteroatoms. The summed E-state index contributed by atoms with van der Waals surface area (Å²) in [6.07, 6.45) is -10.4. The molecule has 0 radical (unpaired) electrons. The number of hydrogen-bond donors (Lipinski definition) is 2. The lowest BCUT2D eigenvalue weighted by molar-refractivity contribution is -0.276. The van der Waals surface area contributed by atoms with E-state index in [0.717, 1.165) is 35.3 Å². The number of nitrogens with zero attached hydrogens (tertiary/aromatic N) is 8. The first kappa shape index (κ1) is 38.0. The lowest BCUT2D eigenvalue weighted by atomic mass is 10.1. The van der Waals surface area contributed by atoms with Gasteiger partial charge in [0.1, 0.15) is 17.1 Å². The third-order valence-electron chi connectivity index (χ3n) is 8.33. The molecule has 0 bridgehead atoms. The lowest BCUT2D eigenvalue weighted by Crippen LogP contribution is -2.43. The minimum Gasteiger partial charge on any atom is -0.453 e. The van der Waals surface area contributed by atoms with Gasteiger partial charge in [-0.05, 0) is 81.0 Å². The van der Waals surface area contributed by atoms with Gasteiger partial charge in [0.25, 0.3) is 0 Å². The molecule has 0 unspecified atom stereocenters. The van der Waals surface area contributed by atoms with Crippen molar-refractivity contribution in [3.63, 3.8) is 0 Å². The van der Waals surface area contributed by atoms with Crippen LogP contribution in [0.5, 0.6) is 11.5 Å². The number of fused-ring (bicyclic) bond motifs is 2. The Morgan fingerprint density at radius 3 is 1.81 bits per heavy atom. The Balaban J connectivity index is 1.28. The molecule has 4 aromatic heterocycles. The summed E-state index contributed by atoms with van der Waals surface area (Å²) < 4.78 is 146. The highest BCUT2D eigenvalue weighted by Crippen LogP contribution is 2.39. The molecule has 0 atom stereocenters. The van der Waals surface area contributed by atoms with Gasteiger partial charge < -0.3 is 18.3 Å². The summed E-state index contributed by atoms with van der Waals surface area (Å²) in [7, 11) is 0. The van der Waals surface area contributed by atoms with Crippen LogP contribution in [0.3, 0.4) is 0 Å². The fourth-order valence-corrected chi connectivity index (χ4v) is 6.32. The number of tetrazole rings is 2. The highest BCUT2D eigenvalue weighted by atomic mass is 79.9. The van der Waals surface area contributed by atoms with E-state index in [0.29, 0.717) is 12.1 Å². The van der Waals surface area contributed by atoms with Crippen LogP contribution in [0.4, 0.5) is 50.9 Å². The predicted molar refractivity (Wildman–Crippen MR) is 185 cm³/mol. The van der Waals surface area contributed by atoms with Crippen molar-refractivity contribution in [3.05, 3.63) is 106 Å². The van der Waals surface area contributed by atoms with Gasteiger partial charge in [-0.2, -0.15) is 10.4 Å². The van der Waals surface area contributed by atoms with Crippen LogP contribution >= 0.6 is 15.9 Å². The van der Waals surface area contributed by atoms with Gasteiger partial charge in [0.05, 0.1) is 28.9 Å². The van der Waals surface area contributed by atoms with Gasteiger partial charge in [0.15, 0.2) is 34.5 Å². The first-order valence-electron chi connectivity index (χ1n) is 16.1. The van der Waals surface area contributed by atoms with E-state index in [1.54, 1.807) is 0 Å². The minimum atomic E-state index is -5.27. The quantitative estimate of drug-likeness (QED) is 0.0939. The van der Waals surface area contributed by atoms with Crippen LogP contribution in [0.1, 0.15) is 11.1 Å². The number of anilines is 2. The maximum Gasteiger partial charge on any atom is 0.573 e. The normalized spacial score (nSPS) is 12.1. The van der Waals surface area contributed by atoms with Crippen LogP contribution in [-0.4, -0.2) is 54.0 Å². The zero-order valence-electron chi connectivity index (χ0n) is 28.3. The topological polar surface area (TPSA) is 160 Å². The molecule has 4 aromatic carbocycles. The summed E-state index contributed by atoms with van der Waals surface area (Å²) >= 11 is 3.05. The van der Waals surface area contributed by atoms with Crippen molar-refractivity contribution in [1.29, 1.82) is 0 Å². The van der Waals surface area contributed by atoms with Crippen molar-refractivity contribution in [2.75, 3.05) is 10.0 Å². The number of aromatic nitrogens is 8. The minimum absolute atomic E-state index is 0.0101. The zero-order chi connectivity index (χ0) is 40.9. The van der Waals surface area contributed by atoms with Gasteiger partial charge in [-0.3, -0.25) is 10.0 Å². The van der Waals surface area contributed by atoms with E-state index in [1.165, 1.54) is 35.3 Å². The number of hydrogen-bond acceptors (Lipinski definition) is 12. The fourth-order valence-electron chi connectivity index (χ4n) is 5.88. The molecule has 2 N–H and O–H groups in total. The second kappa shape index (κ2) is 14.6. The molecule has 0 aliphatic heterocycles. The summed E-state index contributed by atoms with van der Waals surface area (Å²) in [6.45, 7) is -1.12. The average molecular weight is 881 g/mol. The van der Waals surface area contributed by atoms with Crippen LogP contribution in [0.25, 0.3) is 45.1 Å². The van der Waals surface area contributed by atoms with Gasteiger partial charge in [0, 0.05) is 28.0 Å². The molecular weight excluding hydrogens is 863 g/mol. The van der Waals surface area contributed by atoms with E-state index in [2.05, 4.69) is 66.7 Å². The van der Waals surface area contributed by atoms with Crippen LogP contribution in [0, 0.1) is 17.5 Å². The van der Waals surface area contributed by atoms with Crippen LogP contribution in [0.15, 0.2) is 86.1 Å². The molecule has 0 spiro atoms. The van der Waals surface area contributed by atoms with Gasteiger partial charge >= 0.3 is 12.7 Å². The lowest BCUT2D eigenvalue weighted by Gasteiger charge is -2.39. The number of nitrogens with one attached hydrogen (secondary N) is 2. The van der Waals surface area contributed by atoms with Crippen molar-refractivity contribution in [2.24, 2.45) is 0 Å². The number of benzene rings is 4. The summed E-state index contributed by atoms with van der Waals surface area (Å²) in [5.41, 5.74) is -0.684. The van der Waals surface area contributed by atoms with Crippen LogP contribution < -0.4 is 19.5 Å². The molecule has 58 heavy (non-hydrogen) atoms. The molecule has 0 saturated heterocycles. The first-order valence-corrected chi connectivity index (χ1v) is 16.9. The third-order valence-corrected chi connectivity index (χ3v) is 8.95. The smallest absolute Gasteiger partial charge is 0.453 e. The number of aromatic amines is 2. The molecule has 8 rings (SSSR count). The molecule has 0 saturated carbocycles. The Bertz CT molecular complexity index is 2690. The Morgan fingerprint density at radius 1 is 0.621 bits per heavy atom. The highest BCUT2D eigenvalue weighted by Gasteiger charge is 2.34. The summed E-state index contributed by atoms with van der Waals surface area (Å²) in [6, 6.07) is 13.6. The zero-order valence-corrected chi connectivity index (χ0v) is 29.9. The largest absolute Gasteiger partial charge is 0.573 e. The molecule has 0 aliphatic carbocycles. The monoisotopic (exact) mass is 880 g/mol. The maximum absolute atomic E-state index is 16.4.